The molecule has 0 aromatic heterocycles. The van der Waals surface area contributed by atoms with Crippen LogP contribution in [0.1, 0.15) is 50.7 Å². The third kappa shape index (κ3) is 3.46. The average Bonchev–Trinajstić information content (AvgIpc) is 2.55. The third-order valence-electron chi connectivity index (χ3n) is 5.01. The fourth-order valence-corrected chi connectivity index (χ4v) is 3.90. The van der Waals surface area contributed by atoms with E-state index in [0.29, 0.717) is 19.4 Å². The van der Waals surface area contributed by atoms with Gasteiger partial charge >= 0.3 is 6.09 Å². The van der Waals surface area contributed by atoms with Crippen molar-refractivity contribution in [2.45, 2.75) is 69.9 Å². The Labute approximate surface area is 148 Å². The second kappa shape index (κ2) is 6.50. The van der Waals surface area contributed by atoms with E-state index in [4.69, 9.17) is 9.47 Å². The van der Waals surface area contributed by atoms with E-state index >= 15 is 0 Å². The van der Waals surface area contributed by atoms with Crippen LogP contribution >= 0.6 is 0 Å². The van der Waals surface area contributed by atoms with Crippen LogP contribution in [0.2, 0.25) is 0 Å². The fourth-order valence-electron chi connectivity index (χ4n) is 3.90. The van der Waals surface area contributed by atoms with Crippen molar-refractivity contribution in [3.8, 4) is 5.75 Å². The highest BCUT2D eigenvalue weighted by molar-refractivity contribution is 5.70. The zero-order valence-corrected chi connectivity index (χ0v) is 15.2. The molecule has 1 saturated carbocycles. The summed E-state index contributed by atoms with van der Waals surface area (Å²) in [5.74, 6) is 0.707. The Morgan fingerprint density at radius 1 is 1.24 bits per heavy atom. The van der Waals surface area contributed by atoms with Crippen molar-refractivity contribution in [2.24, 2.45) is 0 Å². The highest BCUT2D eigenvalue weighted by atomic mass is 16.6. The average molecular weight is 349 g/mol. The number of fused-ring (bicyclic) bond motifs is 3. The molecule has 1 aliphatic heterocycles. The van der Waals surface area contributed by atoms with Gasteiger partial charge in [0.05, 0.1) is 19.3 Å². The number of hydrogen-bond acceptors (Lipinski definition) is 5. The minimum atomic E-state index is -0.985. The first-order chi connectivity index (χ1) is 11.7. The molecule has 138 valence electrons. The van der Waals surface area contributed by atoms with Gasteiger partial charge in [-0.25, -0.2) is 4.79 Å². The summed E-state index contributed by atoms with van der Waals surface area (Å²) < 4.78 is 10.9. The molecule has 1 heterocycles. The Morgan fingerprint density at radius 2 is 1.96 bits per heavy atom. The molecule has 1 amide bonds. The maximum Gasteiger partial charge on any atom is 0.410 e. The fraction of sp³-hybridized carbons (Fsp3) is 0.632. The first-order valence-electron chi connectivity index (χ1n) is 8.74. The lowest BCUT2D eigenvalue weighted by molar-refractivity contribution is -0.0823. The monoisotopic (exact) mass is 349 g/mol. The Balaban J connectivity index is 2.00. The van der Waals surface area contributed by atoms with Crippen LogP contribution in [-0.2, 0) is 11.3 Å². The Kier molecular flexibility index (Phi) is 4.68. The van der Waals surface area contributed by atoms with Crippen LogP contribution in [0.4, 0.5) is 4.79 Å². The quantitative estimate of drug-likeness (QED) is 0.814. The molecule has 2 aliphatic rings. The summed E-state index contributed by atoms with van der Waals surface area (Å²) in [6.07, 6.45) is -1.06. The molecule has 25 heavy (non-hydrogen) atoms. The van der Waals surface area contributed by atoms with Crippen LogP contribution in [-0.4, -0.2) is 52.2 Å². The Hall–Kier alpha value is -1.79. The molecular formula is C19H27NO5. The molecule has 6 heteroatoms. The number of carbonyl (C=O) groups excluding carboxylic acids is 1. The summed E-state index contributed by atoms with van der Waals surface area (Å²) in [4.78, 5) is 14.3. The predicted molar refractivity (Wildman–Crippen MR) is 92.5 cm³/mol. The highest BCUT2D eigenvalue weighted by Gasteiger charge is 2.47. The maximum absolute atomic E-state index is 12.8. The van der Waals surface area contributed by atoms with Crippen molar-refractivity contribution in [2.75, 3.05) is 7.11 Å². The van der Waals surface area contributed by atoms with E-state index in [1.165, 1.54) is 0 Å². The number of hydrogen-bond donors (Lipinski definition) is 2. The minimum Gasteiger partial charge on any atom is -0.497 e. The second-order valence-corrected chi connectivity index (χ2v) is 7.91. The zero-order valence-electron chi connectivity index (χ0n) is 15.2. The third-order valence-corrected chi connectivity index (χ3v) is 5.01. The number of ether oxygens (including phenoxy) is 2. The van der Waals surface area contributed by atoms with Crippen molar-refractivity contribution in [1.82, 2.24) is 4.90 Å². The van der Waals surface area contributed by atoms with Gasteiger partial charge in [-0.2, -0.15) is 0 Å². The molecule has 1 aromatic carbocycles. The summed E-state index contributed by atoms with van der Waals surface area (Å²) in [5, 5.41) is 20.7. The topological polar surface area (TPSA) is 79.2 Å². The molecule has 1 fully saturated rings. The van der Waals surface area contributed by atoms with E-state index < -0.39 is 29.9 Å². The zero-order chi connectivity index (χ0) is 18.4. The molecule has 0 saturated heterocycles. The van der Waals surface area contributed by atoms with Crippen LogP contribution in [0.25, 0.3) is 0 Å². The van der Waals surface area contributed by atoms with Gasteiger partial charge in [-0.05, 0) is 56.9 Å². The molecule has 0 unspecified atom stereocenters. The first-order valence-corrected chi connectivity index (χ1v) is 8.74. The number of nitrogens with zero attached hydrogens (tertiary/aromatic N) is 1. The summed E-state index contributed by atoms with van der Waals surface area (Å²) in [6, 6.07) is 5.35. The maximum atomic E-state index is 12.8. The van der Waals surface area contributed by atoms with Crippen molar-refractivity contribution in [1.29, 1.82) is 0 Å². The van der Waals surface area contributed by atoms with Gasteiger partial charge in [0.15, 0.2) is 0 Å². The lowest BCUT2D eigenvalue weighted by Crippen LogP contribution is -2.58. The van der Waals surface area contributed by atoms with Crippen LogP contribution in [0, 0.1) is 0 Å². The molecular weight excluding hydrogens is 322 g/mol. The highest BCUT2D eigenvalue weighted by Crippen LogP contribution is 2.43. The molecule has 1 aliphatic carbocycles. The van der Waals surface area contributed by atoms with E-state index in [1.807, 2.05) is 39.0 Å². The molecule has 2 N–H and O–H groups in total. The Morgan fingerprint density at radius 3 is 2.60 bits per heavy atom. The van der Waals surface area contributed by atoms with Crippen molar-refractivity contribution in [3.05, 3.63) is 29.3 Å². The molecule has 1 aromatic rings. The largest absolute Gasteiger partial charge is 0.497 e. The molecule has 3 rings (SSSR count). The predicted octanol–water partition coefficient (Wildman–Crippen LogP) is 2.41. The molecule has 0 spiro atoms. The van der Waals surface area contributed by atoms with Crippen molar-refractivity contribution < 1.29 is 24.5 Å². The first kappa shape index (κ1) is 18.0. The normalized spacial score (nSPS) is 28.8. The lowest BCUT2D eigenvalue weighted by atomic mass is 9.72. The SMILES string of the molecule is COc1ccc2c(c1)CN(C(=O)OC(C)(C)C)[C@H]1[C@H](O)[C@H](O)CC[C@@H]21. The van der Waals surface area contributed by atoms with Gasteiger partial charge in [0.1, 0.15) is 17.5 Å². The van der Waals surface area contributed by atoms with Crippen LogP contribution in [0.3, 0.4) is 0 Å². The van der Waals surface area contributed by atoms with Gasteiger partial charge < -0.3 is 19.7 Å². The number of aliphatic hydroxyl groups excluding tert-OH is 2. The number of benzene rings is 1. The van der Waals surface area contributed by atoms with Gasteiger partial charge in [0.25, 0.3) is 0 Å². The van der Waals surface area contributed by atoms with Crippen LogP contribution < -0.4 is 4.74 Å². The van der Waals surface area contributed by atoms with E-state index in [1.54, 1.807) is 12.0 Å². The van der Waals surface area contributed by atoms with Crippen molar-refractivity contribution >= 4 is 6.09 Å². The summed E-state index contributed by atoms with van der Waals surface area (Å²) in [7, 11) is 1.61. The number of methoxy groups -OCH3 is 1. The van der Waals surface area contributed by atoms with Crippen LogP contribution in [0.5, 0.6) is 5.75 Å². The van der Waals surface area contributed by atoms with E-state index in [9.17, 15) is 15.0 Å². The van der Waals surface area contributed by atoms with Gasteiger partial charge in [-0.3, -0.25) is 4.90 Å². The van der Waals surface area contributed by atoms with E-state index in [2.05, 4.69) is 0 Å². The summed E-state index contributed by atoms with van der Waals surface area (Å²) in [6.45, 7) is 5.77. The minimum absolute atomic E-state index is 0.0272. The standard InChI is InChI=1S/C19H27NO5/c1-19(2,3)25-18(23)20-10-11-9-12(24-4)5-6-13(11)14-7-8-15(21)17(22)16(14)20/h5-6,9,14-17,21-22H,7-8,10H2,1-4H3/t14-,15+,16+,17+/m0/s1. The van der Waals surface area contributed by atoms with Gasteiger partial charge in [0, 0.05) is 12.5 Å². The number of amides is 1. The molecule has 0 radical (unpaired) electrons. The number of aliphatic hydroxyl groups is 2. The van der Waals surface area contributed by atoms with Crippen LogP contribution in [0.15, 0.2) is 18.2 Å². The van der Waals surface area contributed by atoms with E-state index in [0.717, 1.165) is 16.9 Å². The number of carbonyl (C=O) groups is 1. The van der Waals surface area contributed by atoms with Gasteiger partial charge in [-0.15, -0.1) is 0 Å². The summed E-state index contributed by atoms with van der Waals surface area (Å²) in [5.41, 5.74) is 1.48. The smallest absolute Gasteiger partial charge is 0.410 e. The van der Waals surface area contributed by atoms with Gasteiger partial charge in [0.2, 0.25) is 0 Å². The molecule has 4 atom stereocenters. The number of rotatable bonds is 1. The molecule has 6 nitrogen and oxygen atoms in total. The van der Waals surface area contributed by atoms with Crippen molar-refractivity contribution in [3.63, 3.8) is 0 Å². The lowest BCUT2D eigenvalue weighted by Gasteiger charge is -2.48. The molecule has 0 bridgehead atoms. The van der Waals surface area contributed by atoms with E-state index in [-0.39, 0.29) is 5.92 Å². The second-order valence-electron chi connectivity index (χ2n) is 7.91. The summed E-state index contributed by atoms with van der Waals surface area (Å²) >= 11 is 0. The van der Waals surface area contributed by atoms with Gasteiger partial charge in [-0.1, -0.05) is 6.07 Å². The Bertz CT molecular complexity index is 654.